The van der Waals surface area contributed by atoms with E-state index in [-0.39, 0.29) is 11.9 Å². The first-order chi connectivity index (χ1) is 17.9. The van der Waals surface area contributed by atoms with E-state index in [2.05, 4.69) is 39.8 Å². The average Bonchev–Trinajstić information content (AvgIpc) is 3.26. The quantitative estimate of drug-likeness (QED) is 0.450. The first-order valence-corrected chi connectivity index (χ1v) is 12.1. The lowest BCUT2D eigenvalue weighted by molar-refractivity contribution is 0.0962. The maximum absolute atomic E-state index is 14.7. The molecule has 2 aromatic carbocycles. The van der Waals surface area contributed by atoms with Gasteiger partial charge in [0.15, 0.2) is 0 Å². The van der Waals surface area contributed by atoms with Gasteiger partial charge in [-0.15, -0.1) is 0 Å². The zero-order valence-electron chi connectivity index (χ0n) is 21.5. The van der Waals surface area contributed by atoms with Gasteiger partial charge >= 0.3 is 0 Å². The third kappa shape index (κ3) is 5.79. The van der Waals surface area contributed by atoms with E-state index >= 15 is 0 Å². The fraction of sp³-hybridized carbons (Fsp3) is 0.357. The number of alkyl halides is 1. The van der Waals surface area contributed by atoms with E-state index in [1.54, 1.807) is 44.0 Å². The molecule has 1 amide bonds. The van der Waals surface area contributed by atoms with E-state index in [9.17, 15) is 9.18 Å². The number of carbonyl (C=O) groups excluding carboxylic acids is 1. The number of methoxy groups -OCH3 is 1. The van der Waals surface area contributed by atoms with Crippen molar-refractivity contribution in [3.05, 3.63) is 47.7 Å². The number of nitrogens with zero attached hydrogens (tertiary/aromatic N) is 3. The molecule has 0 bridgehead atoms. The molecular formula is C28H31FN6O2. The maximum atomic E-state index is 14.7. The first kappa shape index (κ1) is 25.9. The summed E-state index contributed by atoms with van der Waals surface area (Å²) in [6.45, 7) is 3.33. The number of benzene rings is 2. The third-order valence-corrected chi connectivity index (χ3v) is 6.27. The summed E-state index contributed by atoms with van der Waals surface area (Å²) >= 11 is 0. The lowest BCUT2D eigenvalue weighted by Gasteiger charge is -2.33. The predicted octanol–water partition coefficient (Wildman–Crippen LogP) is 3.15. The van der Waals surface area contributed by atoms with Crippen molar-refractivity contribution >= 4 is 28.2 Å². The van der Waals surface area contributed by atoms with Gasteiger partial charge < -0.3 is 25.6 Å². The van der Waals surface area contributed by atoms with Crippen molar-refractivity contribution in [2.24, 2.45) is 0 Å². The van der Waals surface area contributed by atoms with Crippen LogP contribution in [0.3, 0.4) is 0 Å². The van der Waals surface area contributed by atoms with Gasteiger partial charge in [-0.2, -0.15) is 9.78 Å². The van der Waals surface area contributed by atoms with Gasteiger partial charge in [0.2, 0.25) is 0 Å². The number of ether oxygens (including phenoxy) is 1. The molecule has 9 heteroatoms. The molecule has 3 N–H and O–H groups in total. The highest BCUT2D eigenvalue weighted by Crippen LogP contribution is 2.28. The Morgan fingerprint density at radius 1 is 1.27 bits per heavy atom. The highest BCUT2D eigenvalue weighted by atomic mass is 19.1. The van der Waals surface area contributed by atoms with Crippen molar-refractivity contribution in [1.29, 1.82) is 0 Å². The lowest BCUT2D eigenvalue weighted by Crippen LogP contribution is -2.46. The molecule has 2 atom stereocenters. The van der Waals surface area contributed by atoms with Crippen LogP contribution < -0.4 is 20.7 Å². The number of hydrogen-bond donors (Lipinski definition) is 3. The number of carbonyl (C=O) groups is 1. The van der Waals surface area contributed by atoms with E-state index in [4.69, 9.17) is 9.84 Å². The van der Waals surface area contributed by atoms with Crippen molar-refractivity contribution in [3.8, 4) is 29.6 Å². The summed E-state index contributed by atoms with van der Waals surface area (Å²) in [5.74, 6) is 9.47. The SMILES string of the molecule is CC#Cc1c2cccc(N[C@@H]3CCN(C)C[C@@H]3F)c2nn1C#CCNc1ccc(C(=O)NC)cc1OC. The van der Waals surface area contributed by atoms with Crippen LogP contribution in [0, 0.1) is 23.8 Å². The van der Waals surface area contributed by atoms with Gasteiger partial charge in [0, 0.05) is 37.1 Å². The van der Waals surface area contributed by atoms with Gasteiger partial charge in [-0.3, -0.25) is 4.79 Å². The Kier molecular flexibility index (Phi) is 8.17. The predicted molar refractivity (Wildman–Crippen MR) is 145 cm³/mol. The molecule has 0 saturated carbocycles. The van der Waals surface area contributed by atoms with Crippen molar-refractivity contribution in [3.63, 3.8) is 0 Å². The van der Waals surface area contributed by atoms with Crippen LogP contribution in [0.2, 0.25) is 0 Å². The Balaban J connectivity index is 1.56. The molecule has 1 fully saturated rings. The summed E-state index contributed by atoms with van der Waals surface area (Å²) in [7, 11) is 5.06. The van der Waals surface area contributed by atoms with Crippen LogP contribution in [0.15, 0.2) is 36.4 Å². The summed E-state index contributed by atoms with van der Waals surface area (Å²) in [6, 6.07) is 13.7. The third-order valence-electron chi connectivity index (χ3n) is 6.27. The Morgan fingerprint density at radius 2 is 2.11 bits per heavy atom. The van der Waals surface area contributed by atoms with Crippen molar-refractivity contribution in [2.75, 3.05) is 51.5 Å². The number of likely N-dealkylation sites (tertiary alicyclic amines) is 1. The van der Waals surface area contributed by atoms with E-state index in [1.165, 1.54) is 0 Å². The van der Waals surface area contributed by atoms with Gasteiger partial charge in [0.1, 0.15) is 23.1 Å². The first-order valence-electron chi connectivity index (χ1n) is 12.1. The zero-order chi connectivity index (χ0) is 26.4. The Hall–Kier alpha value is -4.21. The van der Waals surface area contributed by atoms with Crippen LogP contribution >= 0.6 is 0 Å². The molecule has 1 aromatic heterocycles. The maximum Gasteiger partial charge on any atom is 0.251 e. The lowest BCUT2D eigenvalue weighted by atomic mass is 10.0. The van der Waals surface area contributed by atoms with Crippen LogP contribution in [0.1, 0.15) is 29.4 Å². The van der Waals surface area contributed by atoms with E-state index in [0.29, 0.717) is 41.3 Å². The molecule has 3 aromatic rings. The van der Waals surface area contributed by atoms with Gasteiger partial charge in [-0.25, -0.2) is 4.39 Å². The number of aromatic nitrogens is 2. The minimum Gasteiger partial charge on any atom is -0.495 e. The summed E-state index contributed by atoms with van der Waals surface area (Å²) in [5, 5.41) is 14.7. The number of nitrogens with one attached hydrogen (secondary N) is 3. The van der Waals surface area contributed by atoms with Gasteiger partial charge in [-0.1, -0.05) is 17.9 Å². The van der Waals surface area contributed by atoms with Crippen molar-refractivity contribution in [2.45, 2.75) is 25.6 Å². The van der Waals surface area contributed by atoms with Crippen LogP contribution in [-0.2, 0) is 0 Å². The molecule has 4 rings (SSSR count). The van der Waals surface area contributed by atoms with Gasteiger partial charge in [0.25, 0.3) is 5.91 Å². The minimum atomic E-state index is -0.959. The van der Waals surface area contributed by atoms with E-state index in [1.807, 2.05) is 30.1 Å². The Labute approximate surface area is 216 Å². The highest BCUT2D eigenvalue weighted by molar-refractivity contribution is 5.95. The second-order valence-corrected chi connectivity index (χ2v) is 8.79. The van der Waals surface area contributed by atoms with E-state index < -0.39 is 6.17 Å². The standard InChI is InChI=1S/C28H31FN6O2/c1-5-8-25-20-9-6-10-24(32-22-13-16-34(3)18-21(22)29)27(20)33-35(25)15-7-14-31-23-12-11-19(28(36)30-2)17-26(23)37-4/h6,9-12,17,21-22,31-32H,13-14,16,18H2,1-4H3,(H,30,36)/t21-,22+/m0/s1. The molecule has 8 nitrogen and oxygen atoms in total. The highest BCUT2D eigenvalue weighted by Gasteiger charge is 2.28. The molecule has 37 heavy (non-hydrogen) atoms. The number of piperidine rings is 1. The van der Waals surface area contributed by atoms with Crippen LogP contribution in [0.5, 0.6) is 5.75 Å². The Bertz CT molecular complexity index is 1410. The van der Waals surface area contributed by atoms with Gasteiger partial charge in [0.05, 0.1) is 31.1 Å². The number of anilines is 2. The second kappa shape index (κ2) is 11.7. The molecule has 1 aliphatic rings. The fourth-order valence-electron chi connectivity index (χ4n) is 4.34. The van der Waals surface area contributed by atoms with Gasteiger partial charge in [-0.05, 0) is 56.6 Å². The topological polar surface area (TPSA) is 83.5 Å². The number of amides is 1. The summed E-state index contributed by atoms with van der Waals surface area (Å²) < 4.78 is 21.6. The second-order valence-electron chi connectivity index (χ2n) is 8.79. The molecule has 1 aliphatic heterocycles. The minimum absolute atomic E-state index is 0.188. The summed E-state index contributed by atoms with van der Waals surface area (Å²) in [5.41, 5.74) is 3.38. The monoisotopic (exact) mass is 502 g/mol. The smallest absolute Gasteiger partial charge is 0.251 e. The molecule has 2 heterocycles. The molecular weight excluding hydrogens is 471 g/mol. The normalized spacial score (nSPS) is 17.2. The summed E-state index contributed by atoms with van der Waals surface area (Å²) in [6.07, 6.45) is -0.241. The molecule has 1 saturated heterocycles. The van der Waals surface area contributed by atoms with E-state index in [0.717, 1.165) is 24.0 Å². The van der Waals surface area contributed by atoms with Crippen LogP contribution in [-0.4, -0.2) is 73.6 Å². The molecule has 0 unspecified atom stereocenters. The zero-order valence-corrected chi connectivity index (χ0v) is 21.5. The fourth-order valence-corrected chi connectivity index (χ4v) is 4.34. The number of hydrogen-bond acceptors (Lipinski definition) is 6. The van der Waals surface area contributed by atoms with Crippen LogP contribution in [0.4, 0.5) is 15.8 Å². The average molecular weight is 503 g/mol. The van der Waals surface area contributed by atoms with Crippen molar-refractivity contribution < 1.29 is 13.9 Å². The Morgan fingerprint density at radius 3 is 2.84 bits per heavy atom. The molecule has 0 spiro atoms. The number of halogens is 1. The molecule has 0 aliphatic carbocycles. The van der Waals surface area contributed by atoms with Crippen LogP contribution in [0.25, 0.3) is 10.9 Å². The molecule has 0 radical (unpaired) electrons. The number of rotatable bonds is 6. The molecule has 192 valence electrons. The largest absolute Gasteiger partial charge is 0.495 e. The van der Waals surface area contributed by atoms with Crippen molar-refractivity contribution in [1.82, 2.24) is 20.0 Å². The summed E-state index contributed by atoms with van der Waals surface area (Å²) in [4.78, 5) is 13.9. The number of fused-ring (bicyclic) bond motifs is 1.